The van der Waals surface area contributed by atoms with Crippen LogP contribution in [-0.2, 0) is 0 Å². The van der Waals surface area contributed by atoms with Crippen molar-refractivity contribution >= 4 is 28.5 Å². The predicted molar refractivity (Wildman–Crippen MR) is 87.4 cm³/mol. The lowest BCUT2D eigenvalue weighted by Crippen LogP contribution is -2.36. The molecule has 22 heavy (non-hydrogen) atoms. The zero-order valence-corrected chi connectivity index (χ0v) is 13.8. The van der Waals surface area contributed by atoms with E-state index in [-0.39, 0.29) is 0 Å². The Morgan fingerprint density at radius 2 is 1.68 bits per heavy atom. The van der Waals surface area contributed by atoms with Crippen LogP contribution in [-0.4, -0.2) is 17.1 Å². The number of rotatable bonds is 4. The van der Waals surface area contributed by atoms with Crippen molar-refractivity contribution in [2.75, 3.05) is 0 Å². The van der Waals surface area contributed by atoms with E-state index in [0.717, 1.165) is 15.7 Å². The van der Waals surface area contributed by atoms with Gasteiger partial charge in [0.05, 0.1) is 12.1 Å². The van der Waals surface area contributed by atoms with Gasteiger partial charge in [0.2, 0.25) is 0 Å². The number of amides is 1. The fraction of sp³-hybridized carbons (Fsp3) is 0.188. The summed E-state index contributed by atoms with van der Waals surface area (Å²) in [5.41, 5.74) is -0.000764. The lowest BCUT2D eigenvalue weighted by Gasteiger charge is -2.22. The molecule has 0 heterocycles. The van der Waals surface area contributed by atoms with Crippen LogP contribution >= 0.6 is 22.6 Å². The van der Waals surface area contributed by atoms with Crippen LogP contribution in [0.3, 0.4) is 0 Å². The topological polar surface area (TPSA) is 49.3 Å². The van der Waals surface area contributed by atoms with Crippen LogP contribution in [0.4, 0.5) is 8.78 Å². The van der Waals surface area contributed by atoms with Gasteiger partial charge in [-0.1, -0.05) is 18.2 Å². The van der Waals surface area contributed by atoms with Gasteiger partial charge in [0.25, 0.3) is 5.91 Å². The number of nitrogens with one attached hydrogen (secondary N) is 1. The summed E-state index contributed by atoms with van der Waals surface area (Å²) in [6.07, 6.45) is -0.918. The molecule has 0 aliphatic carbocycles. The summed E-state index contributed by atoms with van der Waals surface area (Å²) < 4.78 is 28.3. The Labute approximate surface area is 140 Å². The number of aliphatic hydroxyl groups excluding tert-OH is 1. The summed E-state index contributed by atoms with van der Waals surface area (Å²) in [6.45, 7) is 1.50. The van der Waals surface area contributed by atoms with Crippen LogP contribution in [0.5, 0.6) is 0 Å². The molecule has 0 aliphatic rings. The maximum atomic E-state index is 13.6. The second-order valence-electron chi connectivity index (χ2n) is 4.84. The van der Waals surface area contributed by atoms with Crippen molar-refractivity contribution < 1.29 is 18.7 Å². The van der Waals surface area contributed by atoms with E-state index in [2.05, 4.69) is 27.9 Å². The van der Waals surface area contributed by atoms with E-state index in [4.69, 9.17) is 0 Å². The molecule has 0 fully saturated rings. The number of aliphatic hydroxyl groups is 1. The van der Waals surface area contributed by atoms with Crippen molar-refractivity contribution in [1.29, 1.82) is 0 Å². The van der Waals surface area contributed by atoms with Crippen molar-refractivity contribution in [3.8, 4) is 0 Å². The molecule has 6 heteroatoms. The fourth-order valence-electron chi connectivity index (χ4n) is 2.08. The molecule has 2 aromatic rings. The Kier molecular flexibility index (Phi) is 5.47. The highest BCUT2D eigenvalue weighted by molar-refractivity contribution is 14.1. The van der Waals surface area contributed by atoms with Gasteiger partial charge in [-0.25, -0.2) is 8.78 Å². The van der Waals surface area contributed by atoms with Crippen molar-refractivity contribution in [3.05, 3.63) is 68.8 Å². The van der Waals surface area contributed by atoms with Gasteiger partial charge in [-0.15, -0.1) is 0 Å². The minimum absolute atomic E-state index is 0.653. The number of halogens is 3. The Morgan fingerprint density at radius 1 is 1.14 bits per heavy atom. The molecule has 2 atom stereocenters. The molecule has 0 spiro atoms. The van der Waals surface area contributed by atoms with Gasteiger partial charge in [0.1, 0.15) is 17.2 Å². The van der Waals surface area contributed by atoms with E-state index in [1.165, 1.54) is 13.0 Å². The lowest BCUT2D eigenvalue weighted by atomic mass is 10.0. The van der Waals surface area contributed by atoms with Crippen LogP contribution < -0.4 is 5.32 Å². The van der Waals surface area contributed by atoms with Gasteiger partial charge in [0.15, 0.2) is 0 Å². The molecule has 2 N–H and O–H groups in total. The molecule has 2 aromatic carbocycles. The Morgan fingerprint density at radius 3 is 2.18 bits per heavy atom. The van der Waals surface area contributed by atoms with Crippen LogP contribution in [0.2, 0.25) is 0 Å². The molecule has 116 valence electrons. The van der Waals surface area contributed by atoms with E-state index in [0.29, 0.717) is 5.56 Å². The summed E-state index contributed by atoms with van der Waals surface area (Å²) in [7, 11) is 0. The molecule has 0 saturated heterocycles. The highest BCUT2D eigenvalue weighted by Gasteiger charge is 2.24. The molecule has 0 radical (unpaired) electrons. The second kappa shape index (κ2) is 7.15. The van der Waals surface area contributed by atoms with Crippen LogP contribution in [0, 0.1) is 15.2 Å². The highest BCUT2D eigenvalue weighted by Crippen LogP contribution is 2.20. The lowest BCUT2D eigenvalue weighted by molar-refractivity contribution is 0.0850. The summed E-state index contributed by atoms with van der Waals surface area (Å²) in [5.74, 6) is -2.78. The fourth-order valence-corrected chi connectivity index (χ4v) is 2.44. The van der Waals surface area contributed by atoms with E-state index < -0.39 is 35.3 Å². The maximum Gasteiger partial charge on any atom is 0.257 e. The van der Waals surface area contributed by atoms with Crippen molar-refractivity contribution in [2.45, 2.75) is 19.1 Å². The molecule has 2 rings (SSSR count). The molecular formula is C16H14F2INO2. The molecule has 0 saturated carbocycles. The van der Waals surface area contributed by atoms with Gasteiger partial charge in [0, 0.05) is 3.57 Å². The standard InChI is InChI=1S/C16H14F2INO2/c1-9(21)15(10-5-7-11(19)8-6-10)20-16(22)14-12(17)3-2-4-13(14)18/h2-9,15,21H,1H3,(H,20,22)/t9-,15?/m0/s1. The predicted octanol–water partition coefficient (Wildman–Crippen LogP) is 3.42. The Bertz CT molecular complexity index is 654. The summed E-state index contributed by atoms with van der Waals surface area (Å²) in [6, 6.07) is 9.59. The zero-order valence-electron chi connectivity index (χ0n) is 11.7. The van der Waals surface area contributed by atoms with Crippen LogP contribution in [0.15, 0.2) is 42.5 Å². The third kappa shape index (κ3) is 3.80. The first kappa shape index (κ1) is 16.8. The number of hydrogen-bond acceptors (Lipinski definition) is 2. The van der Waals surface area contributed by atoms with Gasteiger partial charge in [-0.3, -0.25) is 4.79 Å². The third-order valence-electron chi connectivity index (χ3n) is 3.19. The van der Waals surface area contributed by atoms with Gasteiger partial charge >= 0.3 is 0 Å². The molecule has 0 aliphatic heterocycles. The van der Waals surface area contributed by atoms with E-state index >= 15 is 0 Å². The first-order valence-electron chi connectivity index (χ1n) is 6.58. The minimum atomic E-state index is -0.940. The molecule has 0 aromatic heterocycles. The highest BCUT2D eigenvalue weighted by atomic mass is 127. The number of carbonyl (C=O) groups is 1. The van der Waals surface area contributed by atoms with Crippen LogP contribution in [0.25, 0.3) is 0 Å². The van der Waals surface area contributed by atoms with Gasteiger partial charge < -0.3 is 10.4 Å². The van der Waals surface area contributed by atoms with Crippen molar-refractivity contribution in [1.82, 2.24) is 5.32 Å². The molecule has 1 amide bonds. The first-order chi connectivity index (χ1) is 10.4. The van der Waals surface area contributed by atoms with E-state index in [1.807, 2.05) is 12.1 Å². The number of hydrogen-bond donors (Lipinski definition) is 2. The smallest absolute Gasteiger partial charge is 0.257 e. The maximum absolute atomic E-state index is 13.6. The summed E-state index contributed by atoms with van der Waals surface area (Å²) in [5, 5.41) is 12.3. The summed E-state index contributed by atoms with van der Waals surface area (Å²) >= 11 is 2.13. The zero-order chi connectivity index (χ0) is 16.3. The number of benzene rings is 2. The average molecular weight is 417 g/mol. The second-order valence-corrected chi connectivity index (χ2v) is 6.09. The van der Waals surface area contributed by atoms with E-state index in [9.17, 15) is 18.7 Å². The van der Waals surface area contributed by atoms with Crippen LogP contribution in [0.1, 0.15) is 28.9 Å². The normalized spacial score (nSPS) is 13.5. The van der Waals surface area contributed by atoms with Gasteiger partial charge in [-0.05, 0) is 59.3 Å². The molecular weight excluding hydrogens is 403 g/mol. The SMILES string of the molecule is C[C@H](O)C(NC(=O)c1c(F)cccc1F)c1ccc(I)cc1. The quantitative estimate of drug-likeness (QED) is 0.750. The Balaban J connectivity index is 2.28. The van der Waals surface area contributed by atoms with Crippen molar-refractivity contribution in [3.63, 3.8) is 0 Å². The third-order valence-corrected chi connectivity index (χ3v) is 3.91. The molecule has 1 unspecified atom stereocenters. The Hall–Kier alpha value is -1.54. The largest absolute Gasteiger partial charge is 0.391 e. The molecule has 3 nitrogen and oxygen atoms in total. The number of carbonyl (C=O) groups excluding carboxylic acids is 1. The first-order valence-corrected chi connectivity index (χ1v) is 7.66. The minimum Gasteiger partial charge on any atom is -0.391 e. The molecule has 0 bridgehead atoms. The monoisotopic (exact) mass is 417 g/mol. The average Bonchev–Trinajstić information content (AvgIpc) is 2.45. The van der Waals surface area contributed by atoms with Crippen molar-refractivity contribution in [2.24, 2.45) is 0 Å². The summed E-state index contributed by atoms with van der Waals surface area (Å²) in [4.78, 5) is 12.1. The van der Waals surface area contributed by atoms with Gasteiger partial charge in [-0.2, -0.15) is 0 Å². The van der Waals surface area contributed by atoms with E-state index in [1.54, 1.807) is 12.1 Å².